The molecule has 0 amide bonds. The van der Waals surface area contributed by atoms with Crippen molar-refractivity contribution in [1.29, 1.82) is 0 Å². The fourth-order valence-corrected chi connectivity index (χ4v) is 3.26. The molecule has 0 N–H and O–H groups in total. The predicted molar refractivity (Wildman–Crippen MR) is 81.8 cm³/mol. The number of carbonyl (C=O) groups is 1. The van der Waals surface area contributed by atoms with Crippen molar-refractivity contribution in [2.45, 2.75) is 51.4 Å². The summed E-state index contributed by atoms with van der Waals surface area (Å²) >= 11 is 0. The average Bonchev–Trinajstić information content (AvgIpc) is 2.53. The third-order valence-electron chi connectivity index (χ3n) is 4.44. The molecule has 0 spiro atoms. The van der Waals surface area contributed by atoms with Crippen LogP contribution in [0.15, 0.2) is 24.8 Å². The average molecular weight is 308 g/mol. The number of carbonyl (C=O) groups excluding carboxylic acids is 1. The molecule has 120 valence electrons. The third kappa shape index (κ3) is 3.73. The summed E-state index contributed by atoms with van der Waals surface area (Å²) in [6.45, 7) is 5.40. The Labute approximate surface area is 130 Å². The van der Waals surface area contributed by atoms with Crippen LogP contribution in [0.5, 0.6) is 5.75 Å². The molecular weight excluding hydrogens is 286 g/mol. The zero-order chi connectivity index (χ0) is 16.1. The quantitative estimate of drug-likeness (QED) is 0.428. The molecular formula is C18H22F2O2. The maximum absolute atomic E-state index is 14.3. The summed E-state index contributed by atoms with van der Waals surface area (Å²) < 4.78 is 33.0. The smallest absolute Gasteiger partial charge is 0.335 e. The van der Waals surface area contributed by atoms with Crippen LogP contribution >= 0.6 is 0 Å². The molecule has 22 heavy (non-hydrogen) atoms. The minimum atomic E-state index is -1.09. The van der Waals surface area contributed by atoms with Crippen molar-refractivity contribution in [2.24, 2.45) is 5.92 Å². The van der Waals surface area contributed by atoms with E-state index in [0.29, 0.717) is 11.5 Å². The van der Waals surface area contributed by atoms with E-state index in [4.69, 9.17) is 4.74 Å². The molecule has 2 rings (SSSR count). The first kappa shape index (κ1) is 16.7. The first-order valence-electron chi connectivity index (χ1n) is 7.88. The second-order valence-electron chi connectivity index (χ2n) is 5.91. The van der Waals surface area contributed by atoms with Crippen LogP contribution < -0.4 is 4.74 Å². The lowest BCUT2D eigenvalue weighted by Gasteiger charge is -2.29. The zero-order valence-corrected chi connectivity index (χ0v) is 12.9. The molecule has 1 aliphatic carbocycles. The molecule has 2 nitrogen and oxygen atoms in total. The largest absolute Gasteiger partial charge is 0.420 e. The maximum Gasteiger partial charge on any atom is 0.335 e. The molecule has 0 atom stereocenters. The normalized spacial score (nSPS) is 21.4. The standard InChI is InChI=1S/C18H22F2O2/c1-3-5-12-6-8-13(9-7-12)14-10-11-15(18(20)17(14)19)22-16(21)4-2/h4,10-13H,2-3,5-9H2,1H3. The second-order valence-corrected chi connectivity index (χ2v) is 5.91. The number of hydrogen-bond donors (Lipinski definition) is 0. The van der Waals surface area contributed by atoms with Gasteiger partial charge >= 0.3 is 5.97 Å². The van der Waals surface area contributed by atoms with E-state index in [9.17, 15) is 13.6 Å². The SMILES string of the molecule is C=CC(=O)Oc1ccc(C2CCC(CCC)CC2)c(F)c1F. The second kappa shape index (κ2) is 7.52. The van der Waals surface area contributed by atoms with Gasteiger partial charge in [0, 0.05) is 6.08 Å². The van der Waals surface area contributed by atoms with E-state index in [1.165, 1.54) is 25.0 Å². The van der Waals surface area contributed by atoms with Crippen molar-refractivity contribution >= 4 is 5.97 Å². The summed E-state index contributed by atoms with van der Waals surface area (Å²) in [5, 5.41) is 0. The van der Waals surface area contributed by atoms with Crippen LogP contribution in [0.4, 0.5) is 8.78 Å². The molecule has 1 aromatic rings. The van der Waals surface area contributed by atoms with E-state index in [-0.39, 0.29) is 11.7 Å². The topological polar surface area (TPSA) is 26.3 Å². The monoisotopic (exact) mass is 308 g/mol. The Morgan fingerprint density at radius 1 is 1.27 bits per heavy atom. The molecule has 4 heteroatoms. The van der Waals surface area contributed by atoms with Crippen molar-refractivity contribution in [2.75, 3.05) is 0 Å². The number of benzene rings is 1. The van der Waals surface area contributed by atoms with Crippen LogP contribution in [0.3, 0.4) is 0 Å². The van der Waals surface area contributed by atoms with Gasteiger partial charge in [-0.15, -0.1) is 0 Å². The fourth-order valence-electron chi connectivity index (χ4n) is 3.26. The van der Waals surface area contributed by atoms with Crippen molar-refractivity contribution in [3.8, 4) is 5.75 Å². The van der Waals surface area contributed by atoms with Gasteiger partial charge in [0.2, 0.25) is 5.82 Å². The lowest BCUT2D eigenvalue weighted by Crippen LogP contribution is -2.15. The molecule has 1 saturated carbocycles. The summed E-state index contributed by atoms with van der Waals surface area (Å²) in [4.78, 5) is 11.1. The van der Waals surface area contributed by atoms with Gasteiger partial charge in [-0.3, -0.25) is 0 Å². The summed E-state index contributed by atoms with van der Waals surface area (Å²) in [6.07, 6.45) is 7.18. The van der Waals surface area contributed by atoms with Gasteiger partial charge in [0.05, 0.1) is 0 Å². The highest BCUT2D eigenvalue weighted by atomic mass is 19.2. The molecule has 0 radical (unpaired) electrons. The van der Waals surface area contributed by atoms with Gasteiger partial charge in [-0.05, 0) is 49.1 Å². The Bertz CT molecular complexity index is 546. The van der Waals surface area contributed by atoms with E-state index >= 15 is 0 Å². The summed E-state index contributed by atoms with van der Waals surface area (Å²) in [6, 6.07) is 2.86. The summed E-state index contributed by atoms with van der Waals surface area (Å²) in [5.74, 6) is -2.41. The summed E-state index contributed by atoms with van der Waals surface area (Å²) in [5.41, 5.74) is 0.394. The highest BCUT2D eigenvalue weighted by Crippen LogP contribution is 2.39. The van der Waals surface area contributed by atoms with Crippen molar-refractivity contribution in [3.05, 3.63) is 42.0 Å². The van der Waals surface area contributed by atoms with Crippen LogP contribution in [0.2, 0.25) is 0 Å². The Balaban J connectivity index is 2.11. The minimum absolute atomic E-state index is 0.0479. The first-order chi connectivity index (χ1) is 10.6. The van der Waals surface area contributed by atoms with Gasteiger partial charge in [-0.25, -0.2) is 9.18 Å². The summed E-state index contributed by atoms with van der Waals surface area (Å²) in [7, 11) is 0. The Morgan fingerprint density at radius 2 is 1.95 bits per heavy atom. The Hall–Kier alpha value is -1.71. The van der Waals surface area contributed by atoms with E-state index < -0.39 is 17.6 Å². The molecule has 0 saturated heterocycles. The van der Waals surface area contributed by atoms with Crippen LogP contribution in [-0.4, -0.2) is 5.97 Å². The highest BCUT2D eigenvalue weighted by Gasteiger charge is 2.26. The fraction of sp³-hybridized carbons (Fsp3) is 0.500. The first-order valence-corrected chi connectivity index (χ1v) is 7.88. The number of hydrogen-bond acceptors (Lipinski definition) is 2. The van der Waals surface area contributed by atoms with Crippen LogP contribution in [-0.2, 0) is 4.79 Å². The Morgan fingerprint density at radius 3 is 2.55 bits per heavy atom. The molecule has 0 aromatic heterocycles. The predicted octanol–water partition coefficient (Wildman–Crippen LogP) is 5.13. The molecule has 0 heterocycles. The van der Waals surface area contributed by atoms with Gasteiger partial charge in [-0.1, -0.05) is 32.4 Å². The molecule has 1 fully saturated rings. The van der Waals surface area contributed by atoms with Crippen molar-refractivity contribution < 1.29 is 18.3 Å². The van der Waals surface area contributed by atoms with E-state index in [1.807, 2.05) is 0 Å². The molecule has 1 aliphatic rings. The van der Waals surface area contributed by atoms with E-state index in [2.05, 4.69) is 13.5 Å². The minimum Gasteiger partial charge on any atom is -0.420 e. The van der Waals surface area contributed by atoms with Gasteiger partial charge in [0.25, 0.3) is 0 Å². The molecule has 0 aliphatic heterocycles. The number of esters is 1. The Kier molecular flexibility index (Phi) is 5.69. The lowest BCUT2D eigenvalue weighted by molar-refractivity contribution is -0.129. The van der Waals surface area contributed by atoms with Gasteiger partial charge < -0.3 is 4.74 Å². The van der Waals surface area contributed by atoms with Crippen molar-refractivity contribution in [3.63, 3.8) is 0 Å². The highest BCUT2D eigenvalue weighted by molar-refractivity contribution is 5.83. The van der Waals surface area contributed by atoms with E-state index in [1.54, 1.807) is 0 Å². The molecule has 0 bridgehead atoms. The van der Waals surface area contributed by atoms with Crippen molar-refractivity contribution in [1.82, 2.24) is 0 Å². The number of halogens is 2. The maximum atomic E-state index is 14.3. The van der Waals surface area contributed by atoms with Gasteiger partial charge in [0.15, 0.2) is 11.6 Å². The van der Waals surface area contributed by atoms with Crippen LogP contribution in [0.1, 0.15) is 56.9 Å². The number of ether oxygens (including phenoxy) is 1. The number of rotatable bonds is 5. The van der Waals surface area contributed by atoms with Crippen LogP contribution in [0.25, 0.3) is 0 Å². The third-order valence-corrected chi connectivity index (χ3v) is 4.44. The van der Waals surface area contributed by atoms with Crippen LogP contribution in [0, 0.1) is 17.6 Å². The molecule has 1 aromatic carbocycles. The molecule has 0 unspecified atom stereocenters. The van der Waals surface area contributed by atoms with Gasteiger partial charge in [-0.2, -0.15) is 4.39 Å². The van der Waals surface area contributed by atoms with Gasteiger partial charge in [0.1, 0.15) is 0 Å². The zero-order valence-electron chi connectivity index (χ0n) is 12.9. The van der Waals surface area contributed by atoms with E-state index in [0.717, 1.165) is 31.8 Å². The lowest BCUT2D eigenvalue weighted by atomic mass is 9.77.